The highest BCUT2D eigenvalue weighted by Crippen LogP contribution is 2.28. The Morgan fingerprint density at radius 3 is 2.33 bits per heavy atom. The molecule has 3 atom stereocenters. The molecule has 4 amide bonds. The van der Waals surface area contributed by atoms with E-state index in [1.54, 1.807) is 58.1 Å². The van der Waals surface area contributed by atoms with E-state index in [1.807, 2.05) is 38.1 Å². The molecule has 0 unspecified atom stereocenters. The lowest BCUT2D eigenvalue weighted by Crippen LogP contribution is -2.51. The second-order valence-corrected chi connectivity index (χ2v) is 14.7. The number of rotatable bonds is 10. The molecule has 54 heavy (non-hydrogen) atoms. The van der Waals surface area contributed by atoms with Crippen LogP contribution >= 0.6 is 0 Å². The molecule has 1 aliphatic heterocycles. The minimum absolute atomic E-state index is 0.125. The molecule has 14 heteroatoms. The molecule has 0 aliphatic carbocycles. The molecule has 1 aliphatic rings. The van der Waals surface area contributed by atoms with Crippen LogP contribution in [0.2, 0.25) is 0 Å². The van der Waals surface area contributed by atoms with Gasteiger partial charge in [0, 0.05) is 38.0 Å². The predicted molar refractivity (Wildman–Crippen MR) is 204 cm³/mol. The van der Waals surface area contributed by atoms with E-state index in [4.69, 9.17) is 14.5 Å². The van der Waals surface area contributed by atoms with Crippen LogP contribution in [0, 0.1) is 5.92 Å². The van der Waals surface area contributed by atoms with Gasteiger partial charge < -0.3 is 35.4 Å². The molecule has 0 fully saturated rings. The number of carbonyl (C=O) groups is 4. The summed E-state index contributed by atoms with van der Waals surface area (Å²) >= 11 is 0. The first-order chi connectivity index (χ1) is 25.7. The molecule has 2 aromatic carbocycles. The summed E-state index contributed by atoms with van der Waals surface area (Å²) in [6, 6.07) is 11.5. The van der Waals surface area contributed by atoms with E-state index in [2.05, 4.69) is 21.0 Å². The van der Waals surface area contributed by atoms with Crippen molar-refractivity contribution in [2.75, 3.05) is 33.9 Å². The number of aromatic nitrogens is 3. The van der Waals surface area contributed by atoms with Crippen LogP contribution in [0.25, 0.3) is 0 Å². The van der Waals surface area contributed by atoms with E-state index in [0.717, 1.165) is 11.1 Å². The molecule has 0 spiro atoms. The largest absolute Gasteiger partial charge is 0.493 e. The maximum absolute atomic E-state index is 13.7. The van der Waals surface area contributed by atoms with E-state index >= 15 is 0 Å². The first-order valence-electron chi connectivity index (χ1n) is 18.8. The maximum Gasteiger partial charge on any atom is 0.253 e. The highest BCUT2D eigenvalue weighted by atomic mass is 16.5. The number of nitrogens with one attached hydrogen (secondary N) is 3. The Hall–Kier alpha value is -4.98. The average molecular weight is 748 g/mol. The second kappa shape index (κ2) is 19.4. The predicted octanol–water partition coefficient (Wildman–Crippen LogP) is 3.74. The number of hydrogen-bond donors (Lipinski definition) is 4. The molecular weight excluding hydrogens is 690 g/mol. The third-order valence-electron chi connectivity index (χ3n) is 9.68. The number of benzene rings is 2. The van der Waals surface area contributed by atoms with Crippen molar-refractivity contribution in [2.24, 2.45) is 5.92 Å². The van der Waals surface area contributed by atoms with E-state index in [1.165, 1.54) is 4.68 Å². The number of nitrogens with zero attached hydrogens (tertiary/aromatic N) is 4. The van der Waals surface area contributed by atoms with Gasteiger partial charge in [0.1, 0.15) is 18.4 Å². The Labute approximate surface area is 318 Å². The van der Waals surface area contributed by atoms with Crippen LogP contribution < -0.4 is 25.4 Å². The van der Waals surface area contributed by atoms with Crippen LogP contribution in [0.5, 0.6) is 11.5 Å². The number of methoxy groups -OCH3 is 2. The van der Waals surface area contributed by atoms with Gasteiger partial charge in [0.05, 0.1) is 25.9 Å². The van der Waals surface area contributed by atoms with Gasteiger partial charge in [-0.05, 0) is 87.8 Å². The van der Waals surface area contributed by atoms with Gasteiger partial charge in [-0.15, -0.1) is 0 Å². The first-order valence-corrected chi connectivity index (χ1v) is 18.8. The minimum Gasteiger partial charge on any atom is -0.493 e. The van der Waals surface area contributed by atoms with Crippen LogP contribution in [-0.4, -0.2) is 93.9 Å². The smallest absolute Gasteiger partial charge is 0.253 e. The summed E-state index contributed by atoms with van der Waals surface area (Å²) in [5, 5.41) is 23.6. The number of aryl methyl sites for hydroxylation is 1. The fourth-order valence-electron chi connectivity index (χ4n) is 6.28. The van der Waals surface area contributed by atoms with E-state index in [9.17, 15) is 24.3 Å². The standard InChI is InChI=1S/C40H57N7O7/c1-8-26(2)36-38(50)42-27(3)37-43-33(24-29-14-17-31(53-6)32(23-29)54-7)45-47(37)25-35(49)41-20-10-22-46(21-9-11-34(48)44-36)39(51)30-15-12-28(13-16-30)18-19-40(4,5)52/h12-17,23,26-27,36,52H,8-11,18-22,24-25H2,1-7H3,(H,41,49)(H,42,50)(H,44,48)/t26-,27+,36-/m0/s1. The number of hydrogen-bond acceptors (Lipinski definition) is 9. The second-order valence-electron chi connectivity index (χ2n) is 14.7. The van der Waals surface area contributed by atoms with Crippen LogP contribution in [0.1, 0.15) is 106 Å². The van der Waals surface area contributed by atoms with Crippen molar-refractivity contribution >= 4 is 23.6 Å². The molecule has 294 valence electrons. The van der Waals surface area contributed by atoms with Crippen molar-refractivity contribution in [3.8, 4) is 11.5 Å². The zero-order chi connectivity index (χ0) is 39.4. The Kier molecular flexibility index (Phi) is 15.0. The third-order valence-corrected chi connectivity index (χ3v) is 9.68. The van der Waals surface area contributed by atoms with E-state index < -0.39 is 17.7 Å². The lowest BCUT2D eigenvalue weighted by molar-refractivity contribution is -0.130. The van der Waals surface area contributed by atoms with Crippen molar-refractivity contribution < 1.29 is 33.8 Å². The molecule has 3 aromatic rings. The van der Waals surface area contributed by atoms with Gasteiger partial charge in [-0.3, -0.25) is 19.2 Å². The Morgan fingerprint density at radius 2 is 1.67 bits per heavy atom. The number of ether oxygens (including phenoxy) is 2. The summed E-state index contributed by atoms with van der Waals surface area (Å²) in [5.41, 5.74) is 1.62. The van der Waals surface area contributed by atoms with Crippen LogP contribution in [0.3, 0.4) is 0 Å². The molecule has 4 rings (SSSR count). The zero-order valence-electron chi connectivity index (χ0n) is 32.7. The summed E-state index contributed by atoms with van der Waals surface area (Å²) < 4.78 is 12.3. The zero-order valence-corrected chi connectivity index (χ0v) is 32.7. The van der Waals surface area contributed by atoms with Crippen molar-refractivity contribution in [3.05, 3.63) is 70.8 Å². The minimum atomic E-state index is -0.803. The van der Waals surface area contributed by atoms with Crippen molar-refractivity contribution in [1.82, 2.24) is 35.6 Å². The van der Waals surface area contributed by atoms with Gasteiger partial charge >= 0.3 is 0 Å². The molecule has 2 heterocycles. The summed E-state index contributed by atoms with van der Waals surface area (Å²) in [4.78, 5) is 60.4. The van der Waals surface area contributed by atoms with Gasteiger partial charge in [-0.1, -0.05) is 38.5 Å². The molecular formula is C40H57N7O7. The Balaban J connectivity index is 1.56. The monoisotopic (exact) mass is 747 g/mol. The number of aliphatic hydroxyl groups is 1. The topological polar surface area (TPSA) is 177 Å². The van der Waals surface area contributed by atoms with Crippen molar-refractivity contribution in [1.29, 1.82) is 0 Å². The SMILES string of the molecule is CC[C@H](C)[C@@H]1NC(=O)CCCN(C(=O)c2ccc(CCC(C)(C)O)cc2)CCCNC(=O)Cn2nc(Cc3ccc(OC)c(OC)c3)nc2[C@@H](C)NC1=O. The summed E-state index contributed by atoms with van der Waals surface area (Å²) in [6.45, 7) is 10.0. The summed E-state index contributed by atoms with van der Waals surface area (Å²) in [7, 11) is 3.13. The number of amides is 4. The molecule has 0 radical (unpaired) electrons. The fourth-order valence-corrected chi connectivity index (χ4v) is 6.28. The van der Waals surface area contributed by atoms with E-state index in [0.29, 0.717) is 86.9 Å². The van der Waals surface area contributed by atoms with Gasteiger partial charge in [0.2, 0.25) is 17.7 Å². The highest BCUT2D eigenvalue weighted by Gasteiger charge is 2.29. The van der Waals surface area contributed by atoms with Gasteiger partial charge in [0.15, 0.2) is 17.3 Å². The molecule has 0 saturated carbocycles. The Bertz CT molecular complexity index is 1730. The molecule has 0 bridgehead atoms. The number of carbonyl (C=O) groups excluding carboxylic acids is 4. The summed E-state index contributed by atoms with van der Waals surface area (Å²) in [6.07, 6.45) is 3.27. The maximum atomic E-state index is 13.7. The molecule has 1 aromatic heterocycles. The van der Waals surface area contributed by atoms with Crippen LogP contribution in [-0.2, 0) is 33.8 Å². The third kappa shape index (κ3) is 12.0. The normalized spacial score (nSPS) is 18.7. The van der Waals surface area contributed by atoms with Crippen LogP contribution in [0.15, 0.2) is 42.5 Å². The lowest BCUT2D eigenvalue weighted by Gasteiger charge is -2.26. The molecule has 4 N–H and O–H groups in total. The van der Waals surface area contributed by atoms with Crippen molar-refractivity contribution in [3.63, 3.8) is 0 Å². The summed E-state index contributed by atoms with van der Waals surface area (Å²) in [5.74, 6) is 0.722. The van der Waals surface area contributed by atoms with Crippen LogP contribution in [0.4, 0.5) is 0 Å². The quantitative estimate of drug-likeness (QED) is 0.241. The lowest BCUT2D eigenvalue weighted by atomic mass is 9.97. The van der Waals surface area contributed by atoms with Gasteiger partial charge in [-0.25, -0.2) is 9.67 Å². The van der Waals surface area contributed by atoms with Crippen molar-refractivity contribution in [2.45, 2.75) is 104 Å². The molecule has 0 saturated heterocycles. The van der Waals surface area contributed by atoms with E-state index in [-0.39, 0.29) is 42.5 Å². The van der Waals surface area contributed by atoms with Gasteiger partial charge in [0.25, 0.3) is 5.91 Å². The first kappa shape index (κ1) is 41.8. The van der Waals surface area contributed by atoms with Gasteiger partial charge in [-0.2, -0.15) is 5.10 Å². The Morgan fingerprint density at radius 1 is 0.981 bits per heavy atom. The average Bonchev–Trinajstić information content (AvgIpc) is 3.54. The fraction of sp³-hybridized carbons (Fsp3) is 0.550. The highest BCUT2D eigenvalue weighted by molar-refractivity contribution is 5.94. The molecule has 14 nitrogen and oxygen atoms in total. The number of fused-ring (bicyclic) bond motifs is 1.